The molecule has 1 aromatic heterocycles. The second-order valence-electron chi connectivity index (χ2n) is 2.42. The topological polar surface area (TPSA) is 16.1 Å². The Morgan fingerprint density at radius 1 is 1.73 bits per heavy atom. The van der Waals surface area contributed by atoms with E-state index in [-0.39, 0.29) is 0 Å². The Morgan fingerprint density at radius 3 is 2.91 bits per heavy atom. The van der Waals surface area contributed by atoms with E-state index >= 15 is 0 Å². The summed E-state index contributed by atoms with van der Waals surface area (Å²) in [6.07, 6.45) is 0. The van der Waals surface area contributed by atoms with Crippen LogP contribution >= 0.6 is 22.9 Å². The Morgan fingerprint density at radius 2 is 2.45 bits per heavy atom. The number of nitrogens with zero attached hydrogens (tertiary/aromatic N) is 2. The van der Waals surface area contributed by atoms with Crippen LogP contribution in [0, 0.1) is 0 Å². The van der Waals surface area contributed by atoms with Crippen molar-refractivity contribution in [3.05, 3.63) is 15.5 Å². The van der Waals surface area contributed by atoms with Gasteiger partial charge in [-0.1, -0.05) is 18.5 Å². The normalized spacial score (nSPS) is 10.9. The molecule has 0 unspecified atom stereocenters. The molecule has 0 saturated heterocycles. The highest BCUT2D eigenvalue weighted by Crippen LogP contribution is 2.15. The lowest BCUT2D eigenvalue weighted by molar-refractivity contribution is 0.342. The van der Waals surface area contributed by atoms with Gasteiger partial charge in [-0.05, 0) is 13.6 Å². The van der Waals surface area contributed by atoms with Crippen LogP contribution in [0.3, 0.4) is 0 Å². The Balaban J connectivity index is 2.50. The maximum absolute atomic E-state index is 5.68. The van der Waals surface area contributed by atoms with Crippen LogP contribution in [-0.2, 0) is 6.54 Å². The van der Waals surface area contributed by atoms with Gasteiger partial charge in [0.15, 0.2) is 4.47 Å². The van der Waals surface area contributed by atoms with Crippen molar-refractivity contribution in [2.75, 3.05) is 13.6 Å². The number of hydrogen-bond donors (Lipinski definition) is 0. The molecule has 2 nitrogen and oxygen atoms in total. The molecule has 1 heterocycles. The molecular weight excluding hydrogens is 180 g/mol. The average molecular weight is 191 g/mol. The van der Waals surface area contributed by atoms with E-state index in [1.54, 1.807) is 0 Å². The zero-order chi connectivity index (χ0) is 8.27. The molecule has 0 atom stereocenters. The van der Waals surface area contributed by atoms with Crippen LogP contribution in [0.4, 0.5) is 0 Å². The fourth-order valence-corrected chi connectivity index (χ4v) is 1.52. The first-order valence-corrected chi connectivity index (χ1v) is 4.76. The molecule has 0 aliphatic heterocycles. The van der Waals surface area contributed by atoms with Crippen molar-refractivity contribution in [1.82, 2.24) is 9.88 Å². The van der Waals surface area contributed by atoms with Crippen LogP contribution < -0.4 is 0 Å². The highest BCUT2D eigenvalue weighted by atomic mass is 35.5. The maximum Gasteiger partial charge on any atom is 0.183 e. The van der Waals surface area contributed by atoms with Crippen LogP contribution in [0.1, 0.15) is 12.6 Å². The van der Waals surface area contributed by atoms with Crippen LogP contribution in [0.25, 0.3) is 0 Å². The van der Waals surface area contributed by atoms with E-state index in [1.165, 1.54) is 11.3 Å². The molecule has 0 amide bonds. The second kappa shape index (κ2) is 4.04. The van der Waals surface area contributed by atoms with Crippen molar-refractivity contribution in [2.45, 2.75) is 13.5 Å². The molecule has 0 saturated carbocycles. The molecule has 0 radical (unpaired) electrons. The number of aromatic nitrogens is 1. The number of halogens is 1. The van der Waals surface area contributed by atoms with Crippen LogP contribution in [0.5, 0.6) is 0 Å². The van der Waals surface area contributed by atoms with Gasteiger partial charge in [0, 0.05) is 11.9 Å². The van der Waals surface area contributed by atoms with Gasteiger partial charge >= 0.3 is 0 Å². The van der Waals surface area contributed by atoms with E-state index in [0.29, 0.717) is 4.47 Å². The van der Waals surface area contributed by atoms with Crippen molar-refractivity contribution in [3.63, 3.8) is 0 Å². The van der Waals surface area contributed by atoms with Crippen molar-refractivity contribution in [3.8, 4) is 0 Å². The smallest absolute Gasteiger partial charge is 0.183 e. The summed E-state index contributed by atoms with van der Waals surface area (Å²) in [6.45, 7) is 4.04. The van der Waals surface area contributed by atoms with Gasteiger partial charge in [0.25, 0.3) is 0 Å². The number of hydrogen-bond acceptors (Lipinski definition) is 3. The van der Waals surface area contributed by atoms with Crippen LogP contribution in [0.15, 0.2) is 5.38 Å². The predicted octanol–water partition coefficient (Wildman–Crippen LogP) is 2.25. The first-order chi connectivity index (χ1) is 5.22. The van der Waals surface area contributed by atoms with E-state index in [9.17, 15) is 0 Å². The predicted molar refractivity (Wildman–Crippen MR) is 49.1 cm³/mol. The largest absolute Gasteiger partial charge is 0.301 e. The Bertz CT molecular complexity index is 224. The third-order valence-electron chi connectivity index (χ3n) is 1.50. The summed E-state index contributed by atoms with van der Waals surface area (Å²) < 4.78 is 0.629. The molecule has 11 heavy (non-hydrogen) atoms. The van der Waals surface area contributed by atoms with Gasteiger partial charge in [-0.3, -0.25) is 0 Å². The fraction of sp³-hybridized carbons (Fsp3) is 0.571. The van der Waals surface area contributed by atoms with Crippen LogP contribution in [0.2, 0.25) is 4.47 Å². The van der Waals surface area contributed by atoms with E-state index in [1.807, 2.05) is 5.38 Å². The van der Waals surface area contributed by atoms with E-state index < -0.39 is 0 Å². The van der Waals surface area contributed by atoms with Gasteiger partial charge in [-0.25, -0.2) is 4.98 Å². The van der Waals surface area contributed by atoms with Gasteiger partial charge in [0.1, 0.15) is 0 Å². The zero-order valence-electron chi connectivity index (χ0n) is 6.67. The third kappa shape index (κ3) is 2.77. The summed E-state index contributed by atoms with van der Waals surface area (Å²) in [5, 5.41) is 1.99. The lowest BCUT2D eigenvalue weighted by atomic mass is 10.4. The highest BCUT2D eigenvalue weighted by molar-refractivity contribution is 7.13. The van der Waals surface area contributed by atoms with Gasteiger partial charge < -0.3 is 4.90 Å². The van der Waals surface area contributed by atoms with E-state index in [4.69, 9.17) is 11.6 Å². The van der Waals surface area contributed by atoms with Gasteiger partial charge in [0.2, 0.25) is 0 Å². The lowest BCUT2D eigenvalue weighted by Crippen LogP contribution is -2.16. The molecule has 1 aromatic rings. The second-order valence-corrected chi connectivity index (χ2v) is 3.86. The van der Waals surface area contributed by atoms with Crippen LogP contribution in [-0.4, -0.2) is 23.5 Å². The highest BCUT2D eigenvalue weighted by Gasteiger charge is 2.01. The minimum Gasteiger partial charge on any atom is -0.301 e. The molecular formula is C7H11ClN2S. The molecule has 0 aliphatic rings. The standard InChI is InChI=1S/C7H11ClN2S/c1-3-10(2)4-6-5-11-7(8)9-6/h5H,3-4H2,1-2H3. The Kier molecular flexibility index (Phi) is 3.30. The van der Waals surface area contributed by atoms with Crippen molar-refractivity contribution in [2.24, 2.45) is 0 Å². The lowest BCUT2D eigenvalue weighted by Gasteiger charge is -2.10. The minimum atomic E-state index is 0.629. The average Bonchev–Trinajstić information content (AvgIpc) is 2.35. The summed E-state index contributed by atoms with van der Waals surface area (Å²) in [7, 11) is 2.06. The van der Waals surface area contributed by atoms with Crippen molar-refractivity contribution < 1.29 is 0 Å². The fourth-order valence-electron chi connectivity index (χ4n) is 0.743. The molecule has 4 heteroatoms. The SMILES string of the molecule is CCN(C)Cc1csc(Cl)n1. The zero-order valence-corrected chi connectivity index (χ0v) is 8.24. The summed E-state index contributed by atoms with van der Waals surface area (Å²) >= 11 is 7.16. The first-order valence-electron chi connectivity index (χ1n) is 3.51. The maximum atomic E-state index is 5.68. The summed E-state index contributed by atoms with van der Waals surface area (Å²) in [4.78, 5) is 6.33. The molecule has 0 aromatic carbocycles. The Hall–Kier alpha value is -0.120. The molecule has 0 bridgehead atoms. The van der Waals surface area contributed by atoms with Crippen molar-refractivity contribution >= 4 is 22.9 Å². The minimum absolute atomic E-state index is 0.629. The number of thiazole rings is 1. The molecule has 0 aliphatic carbocycles. The monoisotopic (exact) mass is 190 g/mol. The van der Waals surface area contributed by atoms with Gasteiger partial charge in [-0.15, -0.1) is 11.3 Å². The third-order valence-corrected chi connectivity index (χ3v) is 2.52. The first kappa shape index (κ1) is 8.97. The quantitative estimate of drug-likeness (QED) is 0.727. The van der Waals surface area contributed by atoms with Gasteiger partial charge in [-0.2, -0.15) is 0 Å². The Labute approximate surface area is 75.8 Å². The summed E-state index contributed by atoms with van der Waals surface area (Å²) in [6, 6.07) is 0. The molecule has 62 valence electrons. The van der Waals surface area contributed by atoms with E-state index in [2.05, 4.69) is 23.9 Å². The molecule has 0 fully saturated rings. The van der Waals surface area contributed by atoms with Crippen molar-refractivity contribution in [1.29, 1.82) is 0 Å². The van der Waals surface area contributed by atoms with E-state index in [0.717, 1.165) is 18.8 Å². The number of rotatable bonds is 3. The molecule has 1 rings (SSSR count). The summed E-state index contributed by atoms with van der Waals surface area (Å²) in [5.74, 6) is 0. The summed E-state index contributed by atoms with van der Waals surface area (Å²) in [5.41, 5.74) is 1.06. The molecule has 0 spiro atoms. The molecule has 0 N–H and O–H groups in total. The van der Waals surface area contributed by atoms with Gasteiger partial charge in [0.05, 0.1) is 5.69 Å².